The topological polar surface area (TPSA) is 125 Å². The molecule has 198 valence electrons. The van der Waals surface area contributed by atoms with Gasteiger partial charge in [-0.3, -0.25) is 9.59 Å². The molecule has 3 heterocycles. The Balaban J connectivity index is 1.39. The zero-order valence-corrected chi connectivity index (χ0v) is 22.3. The Bertz CT molecular complexity index is 1700. The van der Waals surface area contributed by atoms with Gasteiger partial charge in [-0.1, -0.05) is 44.1 Å². The fraction of sp³-hybridized carbons (Fsp3) is 0.241. The van der Waals surface area contributed by atoms with Crippen molar-refractivity contribution in [2.75, 3.05) is 7.11 Å². The summed E-state index contributed by atoms with van der Waals surface area (Å²) in [4.78, 5) is 32.5. The highest BCUT2D eigenvalue weighted by Gasteiger charge is 2.24. The van der Waals surface area contributed by atoms with Gasteiger partial charge in [-0.05, 0) is 42.3 Å². The van der Waals surface area contributed by atoms with E-state index < -0.39 is 5.91 Å². The standard InChI is InChI=1S/C29H28N6O4/c1-17-10-19(7-8-20(17)13-30-27(37)26-33-28(39-34-26)29(2,3)4)25-23-12-21(14-35(23)32-16-31-25)22-9-6-18(15-36)11-24(22)38-5/h6-12,14-16H,13H2,1-5H3,(H,30,37). The lowest BCUT2D eigenvalue weighted by Crippen LogP contribution is -2.24. The number of carbonyl (C=O) groups excluding carboxylic acids is 2. The number of hydrogen-bond acceptors (Lipinski definition) is 8. The molecule has 1 amide bonds. The fourth-order valence-electron chi connectivity index (χ4n) is 4.24. The molecule has 2 aromatic carbocycles. The van der Waals surface area contributed by atoms with Crippen LogP contribution in [0.5, 0.6) is 5.75 Å². The summed E-state index contributed by atoms with van der Waals surface area (Å²) in [5, 5.41) is 11.0. The van der Waals surface area contributed by atoms with Crippen molar-refractivity contribution in [1.29, 1.82) is 0 Å². The minimum Gasteiger partial charge on any atom is -0.496 e. The third kappa shape index (κ3) is 5.13. The number of aryl methyl sites for hydroxylation is 1. The first-order valence-corrected chi connectivity index (χ1v) is 12.4. The molecule has 0 spiro atoms. The molecule has 0 bridgehead atoms. The van der Waals surface area contributed by atoms with Crippen LogP contribution >= 0.6 is 0 Å². The maximum atomic E-state index is 12.6. The lowest BCUT2D eigenvalue weighted by molar-refractivity contribution is 0.0937. The van der Waals surface area contributed by atoms with E-state index in [1.165, 1.54) is 6.33 Å². The number of nitrogens with zero attached hydrogens (tertiary/aromatic N) is 5. The van der Waals surface area contributed by atoms with E-state index in [0.717, 1.165) is 45.3 Å². The molecule has 5 rings (SSSR count). The minimum atomic E-state index is -0.396. The number of fused-ring (bicyclic) bond motifs is 1. The second kappa shape index (κ2) is 10.1. The van der Waals surface area contributed by atoms with Crippen molar-refractivity contribution in [3.8, 4) is 28.1 Å². The van der Waals surface area contributed by atoms with Gasteiger partial charge >= 0.3 is 0 Å². The first kappa shape index (κ1) is 25.8. The molecular formula is C29H28N6O4. The molecule has 39 heavy (non-hydrogen) atoms. The summed E-state index contributed by atoms with van der Waals surface area (Å²) >= 11 is 0. The lowest BCUT2D eigenvalue weighted by atomic mass is 9.97. The maximum Gasteiger partial charge on any atom is 0.292 e. The molecule has 0 radical (unpaired) electrons. The molecule has 0 saturated carbocycles. The summed E-state index contributed by atoms with van der Waals surface area (Å²) in [6.45, 7) is 8.12. The second-order valence-electron chi connectivity index (χ2n) is 10.2. The summed E-state index contributed by atoms with van der Waals surface area (Å²) in [5.74, 6) is 0.628. The number of amides is 1. The molecule has 0 unspecified atom stereocenters. The number of methoxy groups -OCH3 is 1. The van der Waals surface area contributed by atoms with E-state index in [4.69, 9.17) is 9.26 Å². The van der Waals surface area contributed by atoms with Gasteiger partial charge in [0, 0.05) is 40.4 Å². The van der Waals surface area contributed by atoms with E-state index in [1.54, 1.807) is 23.8 Å². The Morgan fingerprint density at radius 2 is 1.95 bits per heavy atom. The molecule has 5 aromatic rings. The molecule has 1 N–H and O–H groups in total. The summed E-state index contributed by atoms with van der Waals surface area (Å²) < 4.78 is 12.5. The molecule has 3 aromatic heterocycles. The van der Waals surface area contributed by atoms with E-state index in [0.29, 0.717) is 23.7 Å². The first-order chi connectivity index (χ1) is 18.7. The highest BCUT2D eigenvalue weighted by atomic mass is 16.5. The van der Waals surface area contributed by atoms with E-state index >= 15 is 0 Å². The number of rotatable bonds is 7. The Hall–Kier alpha value is -4.86. The van der Waals surface area contributed by atoms with Crippen molar-refractivity contribution in [1.82, 2.24) is 30.1 Å². The SMILES string of the molecule is COc1cc(C=O)ccc1-c1cc2c(-c3ccc(CNC(=O)c4noc(C(C)(C)C)n4)c(C)c3)ncnn2c1. The Morgan fingerprint density at radius 3 is 2.64 bits per heavy atom. The number of hydrogen-bond donors (Lipinski definition) is 1. The summed E-state index contributed by atoms with van der Waals surface area (Å²) in [6.07, 6.45) is 4.20. The van der Waals surface area contributed by atoms with Crippen LogP contribution < -0.4 is 10.1 Å². The van der Waals surface area contributed by atoms with Crippen molar-refractivity contribution in [3.05, 3.63) is 83.4 Å². The van der Waals surface area contributed by atoms with Crippen molar-refractivity contribution in [2.24, 2.45) is 0 Å². The van der Waals surface area contributed by atoms with Crippen LogP contribution in [0.2, 0.25) is 0 Å². The molecule has 0 fully saturated rings. The van der Waals surface area contributed by atoms with Gasteiger partial charge in [-0.15, -0.1) is 0 Å². The average Bonchev–Trinajstić information content (AvgIpc) is 3.60. The van der Waals surface area contributed by atoms with E-state index in [2.05, 4.69) is 25.5 Å². The van der Waals surface area contributed by atoms with E-state index in [1.807, 2.05) is 64.2 Å². The quantitative estimate of drug-likeness (QED) is 0.301. The predicted molar refractivity (Wildman–Crippen MR) is 145 cm³/mol. The van der Waals surface area contributed by atoms with Crippen LogP contribution in [0.1, 0.15) is 58.8 Å². The zero-order valence-electron chi connectivity index (χ0n) is 22.3. The van der Waals surface area contributed by atoms with Crippen LogP contribution in [0, 0.1) is 6.92 Å². The lowest BCUT2D eigenvalue weighted by Gasteiger charge is -2.10. The summed E-state index contributed by atoms with van der Waals surface area (Å²) in [6, 6.07) is 13.3. The Kier molecular flexibility index (Phi) is 6.69. The van der Waals surface area contributed by atoms with Gasteiger partial charge in [0.15, 0.2) is 0 Å². The van der Waals surface area contributed by atoms with E-state index in [-0.39, 0.29) is 11.2 Å². The van der Waals surface area contributed by atoms with E-state index in [9.17, 15) is 9.59 Å². The average molecular weight is 525 g/mol. The monoisotopic (exact) mass is 524 g/mol. The number of aldehydes is 1. The molecule has 10 heteroatoms. The van der Waals surface area contributed by atoms with Gasteiger partial charge in [0.25, 0.3) is 11.7 Å². The molecular weight excluding hydrogens is 496 g/mol. The highest BCUT2D eigenvalue weighted by Crippen LogP contribution is 2.34. The third-order valence-electron chi connectivity index (χ3n) is 6.40. The van der Waals surface area contributed by atoms with Gasteiger partial charge in [-0.2, -0.15) is 10.1 Å². The fourth-order valence-corrected chi connectivity index (χ4v) is 4.24. The third-order valence-corrected chi connectivity index (χ3v) is 6.40. The van der Waals surface area contributed by atoms with Crippen molar-refractivity contribution in [2.45, 2.75) is 39.7 Å². The van der Waals surface area contributed by atoms with Crippen molar-refractivity contribution in [3.63, 3.8) is 0 Å². The maximum absolute atomic E-state index is 12.6. The largest absolute Gasteiger partial charge is 0.496 e. The minimum absolute atomic E-state index is 0.0130. The van der Waals surface area contributed by atoms with Crippen molar-refractivity contribution < 1.29 is 18.8 Å². The number of aromatic nitrogens is 5. The van der Waals surface area contributed by atoms with Gasteiger partial charge in [-0.25, -0.2) is 9.50 Å². The van der Waals surface area contributed by atoms with Crippen LogP contribution in [-0.2, 0) is 12.0 Å². The summed E-state index contributed by atoms with van der Waals surface area (Å²) in [7, 11) is 1.58. The summed E-state index contributed by atoms with van der Waals surface area (Å²) in [5.41, 5.74) is 6.38. The molecule has 0 atom stereocenters. The molecule has 0 aliphatic carbocycles. The highest BCUT2D eigenvalue weighted by molar-refractivity contribution is 5.90. The number of benzene rings is 2. The van der Waals surface area contributed by atoms with Crippen LogP contribution in [0.4, 0.5) is 0 Å². The van der Waals surface area contributed by atoms with Crippen LogP contribution in [0.25, 0.3) is 27.9 Å². The molecule has 0 saturated heterocycles. The number of carbonyl (C=O) groups is 2. The van der Waals surface area contributed by atoms with Crippen LogP contribution in [0.3, 0.4) is 0 Å². The Morgan fingerprint density at radius 1 is 1.13 bits per heavy atom. The van der Waals surface area contributed by atoms with Crippen LogP contribution in [0.15, 0.2) is 59.5 Å². The molecule has 0 aliphatic rings. The first-order valence-electron chi connectivity index (χ1n) is 12.4. The molecule has 10 nitrogen and oxygen atoms in total. The number of ether oxygens (including phenoxy) is 1. The van der Waals surface area contributed by atoms with Gasteiger partial charge in [0.05, 0.1) is 18.3 Å². The van der Waals surface area contributed by atoms with Gasteiger partial charge < -0.3 is 14.6 Å². The predicted octanol–water partition coefficient (Wildman–Crippen LogP) is 4.80. The van der Waals surface area contributed by atoms with Gasteiger partial charge in [0.2, 0.25) is 5.89 Å². The normalized spacial score (nSPS) is 11.5. The van der Waals surface area contributed by atoms with Crippen molar-refractivity contribution >= 4 is 17.7 Å². The van der Waals surface area contributed by atoms with Crippen LogP contribution in [-0.4, -0.2) is 44.0 Å². The smallest absolute Gasteiger partial charge is 0.292 e. The second-order valence-corrected chi connectivity index (χ2v) is 10.2. The van der Waals surface area contributed by atoms with Gasteiger partial charge in [0.1, 0.15) is 18.4 Å². The number of nitrogens with one attached hydrogen (secondary N) is 1. The Labute approximate surface area is 225 Å². The zero-order chi connectivity index (χ0) is 27.7. The molecule has 0 aliphatic heterocycles.